The summed E-state index contributed by atoms with van der Waals surface area (Å²) in [5.41, 5.74) is 8.41. The number of benzene rings is 1. The van der Waals surface area contributed by atoms with Crippen LogP contribution < -0.4 is 10.6 Å². The van der Waals surface area contributed by atoms with Gasteiger partial charge in [-0.25, -0.2) is 0 Å². The van der Waals surface area contributed by atoms with E-state index in [1.54, 1.807) is 7.11 Å². The molecule has 1 aromatic carbocycles. The summed E-state index contributed by atoms with van der Waals surface area (Å²) in [4.78, 5) is 3.57. The predicted octanol–water partition coefficient (Wildman–Crippen LogP) is 2.73. The van der Waals surface area contributed by atoms with Crippen molar-refractivity contribution in [2.75, 3.05) is 38.0 Å². The van der Waals surface area contributed by atoms with Crippen molar-refractivity contribution in [2.45, 2.75) is 24.8 Å². The number of nitrogens with two attached hydrogens (primary N) is 1. The van der Waals surface area contributed by atoms with E-state index in [9.17, 15) is 0 Å². The summed E-state index contributed by atoms with van der Waals surface area (Å²) in [6.45, 7) is 4.54. The summed E-state index contributed by atoms with van der Waals surface area (Å²) in [5.74, 6) is 1.07. The molecule has 0 aliphatic rings. The van der Waals surface area contributed by atoms with Gasteiger partial charge in [0, 0.05) is 50.0 Å². The summed E-state index contributed by atoms with van der Waals surface area (Å²) >= 11 is 1.86. The standard InChI is InChI=1S/C14H24N2OS/c1-4-18-14-8-5-7-13(12(14)11-15)16(2)9-6-10-17-3/h5,7-8H,4,6,9-11,15H2,1-3H3. The van der Waals surface area contributed by atoms with Crippen LogP contribution >= 0.6 is 11.8 Å². The van der Waals surface area contributed by atoms with Gasteiger partial charge in [0.15, 0.2) is 0 Å². The molecule has 0 aliphatic carbocycles. The first-order chi connectivity index (χ1) is 8.74. The summed E-state index contributed by atoms with van der Waals surface area (Å²) in [6, 6.07) is 6.41. The van der Waals surface area contributed by atoms with Gasteiger partial charge in [-0.2, -0.15) is 0 Å². The van der Waals surface area contributed by atoms with Crippen LogP contribution in [0.5, 0.6) is 0 Å². The van der Waals surface area contributed by atoms with Gasteiger partial charge in [-0.1, -0.05) is 13.0 Å². The van der Waals surface area contributed by atoms with E-state index >= 15 is 0 Å². The molecule has 0 unspecified atom stereocenters. The van der Waals surface area contributed by atoms with Crippen molar-refractivity contribution in [3.63, 3.8) is 0 Å². The van der Waals surface area contributed by atoms with Crippen LogP contribution in [0.2, 0.25) is 0 Å². The molecule has 0 aliphatic heterocycles. The first kappa shape index (κ1) is 15.3. The highest BCUT2D eigenvalue weighted by molar-refractivity contribution is 7.99. The maximum absolute atomic E-state index is 5.91. The highest BCUT2D eigenvalue weighted by atomic mass is 32.2. The second-order valence-electron chi connectivity index (χ2n) is 4.16. The minimum Gasteiger partial charge on any atom is -0.385 e. The molecule has 2 N–H and O–H groups in total. The Balaban J connectivity index is 2.82. The molecule has 0 heterocycles. The zero-order valence-corrected chi connectivity index (χ0v) is 12.4. The quantitative estimate of drug-likeness (QED) is 0.581. The van der Waals surface area contributed by atoms with E-state index in [-0.39, 0.29) is 0 Å². The fourth-order valence-electron chi connectivity index (χ4n) is 1.97. The van der Waals surface area contributed by atoms with Crippen LogP contribution in [-0.2, 0) is 11.3 Å². The minimum atomic E-state index is 0.590. The van der Waals surface area contributed by atoms with E-state index in [4.69, 9.17) is 10.5 Å². The lowest BCUT2D eigenvalue weighted by Gasteiger charge is -2.23. The van der Waals surface area contributed by atoms with E-state index in [1.807, 2.05) is 11.8 Å². The second-order valence-corrected chi connectivity index (χ2v) is 5.46. The van der Waals surface area contributed by atoms with E-state index < -0.39 is 0 Å². The summed E-state index contributed by atoms with van der Waals surface area (Å²) in [7, 11) is 3.86. The molecule has 3 nitrogen and oxygen atoms in total. The molecule has 4 heteroatoms. The van der Waals surface area contributed by atoms with Crippen molar-refractivity contribution in [3.8, 4) is 0 Å². The third-order valence-electron chi connectivity index (χ3n) is 2.87. The van der Waals surface area contributed by atoms with Crippen LogP contribution in [0.15, 0.2) is 23.1 Å². The number of hydrogen-bond donors (Lipinski definition) is 1. The van der Waals surface area contributed by atoms with Gasteiger partial charge in [0.2, 0.25) is 0 Å². The Morgan fingerprint density at radius 1 is 1.39 bits per heavy atom. The molecule has 0 saturated heterocycles. The number of thioether (sulfide) groups is 1. The summed E-state index contributed by atoms with van der Waals surface area (Å²) < 4.78 is 5.09. The van der Waals surface area contributed by atoms with Gasteiger partial charge in [-0.3, -0.25) is 0 Å². The summed E-state index contributed by atoms with van der Waals surface area (Å²) in [5, 5.41) is 0. The molecule has 0 amide bonds. The van der Waals surface area contributed by atoms with Crippen molar-refractivity contribution in [1.82, 2.24) is 0 Å². The molecule has 0 atom stereocenters. The van der Waals surface area contributed by atoms with Crippen LogP contribution in [-0.4, -0.2) is 33.1 Å². The number of anilines is 1. The van der Waals surface area contributed by atoms with E-state index in [1.165, 1.54) is 16.1 Å². The molecule has 1 aromatic rings. The fraction of sp³-hybridized carbons (Fsp3) is 0.571. The topological polar surface area (TPSA) is 38.5 Å². The third kappa shape index (κ3) is 4.19. The minimum absolute atomic E-state index is 0.590. The van der Waals surface area contributed by atoms with Crippen molar-refractivity contribution >= 4 is 17.4 Å². The number of methoxy groups -OCH3 is 1. The molecule has 0 fully saturated rings. The van der Waals surface area contributed by atoms with Gasteiger partial charge in [0.05, 0.1) is 0 Å². The second kappa shape index (κ2) is 8.40. The maximum Gasteiger partial charge on any atom is 0.0479 e. The molecule has 0 aromatic heterocycles. The Morgan fingerprint density at radius 2 is 2.17 bits per heavy atom. The monoisotopic (exact) mass is 268 g/mol. The first-order valence-corrected chi connectivity index (χ1v) is 7.38. The summed E-state index contributed by atoms with van der Waals surface area (Å²) in [6.07, 6.45) is 1.03. The lowest BCUT2D eigenvalue weighted by Crippen LogP contribution is -2.22. The first-order valence-electron chi connectivity index (χ1n) is 6.39. The molecular weight excluding hydrogens is 244 g/mol. The Kier molecular flexibility index (Phi) is 7.16. The molecule has 0 bridgehead atoms. The van der Waals surface area contributed by atoms with Crippen LogP contribution in [0.25, 0.3) is 0 Å². The molecule has 1 rings (SSSR count). The Bertz CT molecular complexity index is 358. The van der Waals surface area contributed by atoms with Gasteiger partial charge in [0.1, 0.15) is 0 Å². The number of nitrogens with zero attached hydrogens (tertiary/aromatic N) is 1. The molecular formula is C14H24N2OS. The smallest absolute Gasteiger partial charge is 0.0479 e. The van der Waals surface area contributed by atoms with Crippen LogP contribution in [0.4, 0.5) is 5.69 Å². The SMILES string of the molecule is CCSc1cccc(N(C)CCCOC)c1CN. The third-order valence-corrected chi connectivity index (χ3v) is 3.85. The largest absolute Gasteiger partial charge is 0.385 e. The van der Waals surface area contributed by atoms with Gasteiger partial charge in [-0.15, -0.1) is 11.8 Å². The Hall–Kier alpha value is -0.710. The van der Waals surface area contributed by atoms with Gasteiger partial charge < -0.3 is 15.4 Å². The maximum atomic E-state index is 5.91. The fourth-order valence-corrected chi connectivity index (χ4v) is 2.82. The zero-order valence-electron chi connectivity index (χ0n) is 11.6. The zero-order chi connectivity index (χ0) is 13.4. The lowest BCUT2D eigenvalue weighted by atomic mass is 10.1. The van der Waals surface area contributed by atoms with Gasteiger partial charge in [0.25, 0.3) is 0 Å². The average molecular weight is 268 g/mol. The molecule has 18 heavy (non-hydrogen) atoms. The van der Waals surface area contributed by atoms with Crippen LogP contribution in [0, 0.1) is 0 Å². The van der Waals surface area contributed by atoms with E-state index in [0.717, 1.165) is 25.3 Å². The van der Waals surface area contributed by atoms with E-state index in [0.29, 0.717) is 6.54 Å². The average Bonchev–Trinajstić information content (AvgIpc) is 2.39. The normalized spacial score (nSPS) is 10.7. The Labute approximate surface area is 115 Å². The highest BCUT2D eigenvalue weighted by Crippen LogP contribution is 2.30. The van der Waals surface area contributed by atoms with Crippen molar-refractivity contribution in [2.24, 2.45) is 5.73 Å². The lowest BCUT2D eigenvalue weighted by molar-refractivity contribution is 0.196. The van der Waals surface area contributed by atoms with Gasteiger partial charge >= 0.3 is 0 Å². The number of ether oxygens (including phenoxy) is 1. The van der Waals surface area contributed by atoms with Crippen LogP contribution in [0.1, 0.15) is 18.9 Å². The van der Waals surface area contributed by atoms with Crippen molar-refractivity contribution < 1.29 is 4.74 Å². The van der Waals surface area contributed by atoms with Crippen molar-refractivity contribution in [1.29, 1.82) is 0 Å². The molecule has 102 valence electrons. The predicted molar refractivity (Wildman–Crippen MR) is 80.5 cm³/mol. The number of rotatable bonds is 8. The van der Waals surface area contributed by atoms with Crippen LogP contribution in [0.3, 0.4) is 0 Å². The molecule has 0 radical (unpaired) electrons. The molecule has 0 spiro atoms. The van der Waals surface area contributed by atoms with Gasteiger partial charge in [-0.05, 0) is 24.3 Å². The number of hydrogen-bond acceptors (Lipinski definition) is 4. The molecule has 0 saturated carbocycles. The highest BCUT2D eigenvalue weighted by Gasteiger charge is 2.10. The van der Waals surface area contributed by atoms with E-state index in [2.05, 4.69) is 37.1 Å². The Morgan fingerprint density at radius 3 is 2.78 bits per heavy atom. The van der Waals surface area contributed by atoms with Crippen molar-refractivity contribution in [3.05, 3.63) is 23.8 Å².